The molecule has 2 heterocycles. The minimum atomic E-state index is -3.37. The Kier molecular flexibility index (Phi) is 6.75. The molecule has 0 unspecified atom stereocenters. The maximum absolute atomic E-state index is 13.9. The van der Waals surface area contributed by atoms with Gasteiger partial charge in [-0.1, -0.05) is 72.3 Å². The maximum atomic E-state index is 13.9. The number of rotatable bonds is 8. The SMILES string of the molecule is O=C(c1ccccc1)[C@]1(O)[C@](Cl)(n2ccc(=O)[nH]c2=O)OC(CO)(CO)[C@]1(O)OCc1ccccc1. The molecule has 5 N–H and O–H groups in total. The Hall–Kier alpha value is -3.16. The number of carbonyl (C=O) groups excluding carboxylic acids is 1. The van der Waals surface area contributed by atoms with Crippen molar-refractivity contribution in [3.05, 3.63) is 105 Å². The number of H-pyrrole nitrogens is 1. The van der Waals surface area contributed by atoms with E-state index in [4.69, 9.17) is 21.1 Å². The fourth-order valence-corrected chi connectivity index (χ4v) is 4.72. The summed E-state index contributed by atoms with van der Waals surface area (Å²) in [6.07, 6.45) is 0.833. The zero-order valence-corrected chi connectivity index (χ0v) is 19.5. The lowest BCUT2D eigenvalue weighted by molar-refractivity contribution is -0.326. The van der Waals surface area contributed by atoms with Crippen molar-refractivity contribution in [3.63, 3.8) is 0 Å². The van der Waals surface area contributed by atoms with Crippen LogP contribution in [0.25, 0.3) is 0 Å². The molecule has 190 valence electrons. The lowest BCUT2D eigenvalue weighted by atomic mass is 9.77. The number of aliphatic hydroxyl groups excluding tert-OH is 2. The number of ether oxygens (including phenoxy) is 2. The topological polar surface area (TPSA) is 171 Å². The first-order valence-electron chi connectivity index (χ1n) is 10.7. The van der Waals surface area contributed by atoms with E-state index in [1.54, 1.807) is 36.4 Å². The van der Waals surface area contributed by atoms with Gasteiger partial charge in [-0.3, -0.25) is 19.1 Å². The number of hydrogen-bond acceptors (Lipinski definition) is 9. The molecule has 2 aromatic carbocycles. The second-order valence-electron chi connectivity index (χ2n) is 8.28. The third-order valence-electron chi connectivity index (χ3n) is 6.18. The third-order valence-corrected chi connectivity index (χ3v) is 6.72. The summed E-state index contributed by atoms with van der Waals surface area (Å²) in [5.74, 6) is -4.49. The molecule has 0 aliphatic carbocycles. The Morgan fingerprint density at radius 2 is 1.56 bits per heavy atom. The lowest BCUT2D eigenvalue weighted by Gasteiger charge is -2.44. The number of aromatic nitrogens is 2. The molecule has 3 aromatic rings. The molecule has 11 nitrogen and oxygen atoms in total. The van der Waals surface area contributed by atoms with E-state index >= 15 is 0 Å². The van der Waals surface area contributed by atoms with E-state index in [-0.39, 0.29) is 5.56 Å². The van der Waals surface area contributed by atoms with Gasteiger partial charge in [-0.05, 0) is 5.56 Å². The largest absolute Gasteiger partial charge is 0.393 e. The first-order chi connectivity index (χ1) is 17.1. The number of alkyl halides is 1. The number of aliphatic hydroxyl groups is 4. The van der Waals surface area contributed by atoms with Crippen molar-refractivity contribution in [1.82, 2.24) is 9.55 Å². The highest BCUT2D eigenvalue weighted by Crippen LogP contribution is 2.58. The van der Waals surface area contributed by atoms with Crippen LogP contribution in [0.3, 0.4) is 0 Å². The second-order valence-corrected chi connectivity index (χ2v) is 8.79. The molecule has 1 saturated heterocycles. The molecule has 0 saturated carbocycles. The first kappa shape index (κ1) is 25.9. The molecule has 0 amide bonds. The molecule has 3 atom stereocenters. The number of nitrogens with one attached hydrogen (secondary N) is 1. The van der Waals surface area contributed by atoms with Crippen LogP contribution in [0.1, 0.15) is 15.9 Å². The van der Waals surface area contributed by atoms with Gasteiger partial charge < -0.3 is 29.9 Å². The summed E-state index contributed by atoms with van der Waals surface area (Å²) in [4.78, 5) is 40.2. The predicted octanol–water partition coefficient (Wildman–Crippen LogP) is -0.341. The van der Waals surface area contributed by atoms with Crippen molar-refractivity contribution >= 4 is 17.4 Å². The molecular formula is C24H23ClN2O9. The summed E-state index contributed by atoms with van der Waals surface area (Å²) in [5.41, 5.74) is -7.71. The molecule has 1 aliphatic rings. The fourth-order valence-electron chi connectivity index (χ4n) is 4.23. The highest BCUT2D eigenvalue weighted by molar-refractivity contribution is 6.25. The number of nitrogens with zero attached hydrogens (tertiary/aromatic N) is 1. The van der Waals surface area contributed by atoms with Gasteiger partial charge in [0, 0.05) is 17.8 Å². The van der Waals surface area contributed by atoms with Gasteiger partial charge in [0.2, 0.25) is 17.2 Å². The molecule has 0 bridgehead atoms. The van der Waals surface area contributed by atoms with Crippen LogP contribution < -0.4 is 11.2 Å². The molecule has 4 rings (SSSR count). The molecule has 12 heteroatoms. The zero-order chi connectivity index (χ0) is 26.2. The number of Topliss-reactive ketones (excluding diaryl/α,β-unsaturated/α-hetero) is 1. The van der Waals surface area contributed by atoms with Crippen molar-refractivity contribution in [3.8, 4) is 0 Å². The Bertz CT molecular complexity index is 1360. The third kappa shape index (κ3) is 3.64. The van der Waals surface area contributed by atoms with Crippen molar-refractivity contribution < 1.29 is 34.7 Å². The predicted molar refractivity (Wildman–Crippen MR) is 125 cm³/mol. The standard InChI is InChI=1S/C24H23ClN2O9/c25-24(27-12-11-18(30)26-20(27)32)22(33,19(31)17-9-5-2-6-10-17)23(34,21(14-28,15-29)36-24)35-13-16-7-3-1-4-8-16/h1-12,28-29,33-34H,13-15H2,(H,26,30,32)/t22-,23+,24+/m1/s1. The van der Waals surface area contributed by atoms with Crippen LogP contribution in [0.5, 0.6) is 0 Å². The van der Waals surface area contributed by atoms with Crippen molar-refractivity contribution in [2.75, 3.05) is 13.2 Å². The Morgan fingerprint density at radius 1 is 0.972 bits per heavy atom. The number of benzene rings is 2. The van der Waals surface area contributed by atoms with Gasteiger partial charge in [0.1, 0.15) is 0 Å². The van der Waals surface area contributed by atoms with Crippen LogP contribution in [0.4, 0.5) is 0 Å². The zero-order valence-electron chi connectivity index (χ0n) is 18.7. The van der Waals surface area contributed by atoms with Crippen LogP contribution in [0.15, 0.2) is 82.5 Å². The lowest BCUT2D eigenvalue weighted by Crippen LogP contribution is -2.72. The maximum Gasteiger partial charge on any atom is 0.331 e. The second kappa shape index (κ2) is 9.37. The Balaban J connectivity index is 2.00. The first-order valence-corrected chi connectivity index (χ1v) is 11.1. The highest BCUT2D eigenvalue weighted by atomic mass is 35.5. The van der Waals surface area contributed by atoms with Crippen LogP contribution in [-0.4, -0.2) is 66.0 Å². The van der Waals surface area contributed by atoms with Crippen molar-refractivity contribution in [2.24, 2.45) is 0 Å². The van der Waals surface area contributed by atoms with E-state index in [2.05, 4.69) is 0 Å². The number of hydrogen-bond donors (Lipinski definition) is 5. The molecule has 1 aliphatic heterocycles. The smallest absolute Gasteiger partial charge is 0.331 e. The quantitative estimate of drug-likeness (QED) is 0.152. The molecule has 0 radical (unpaired) electrons. The van der Waals surface area contributed by atoms with Gasteiger partial charge in [0.15, 0.2) is 5.60 Å². The molecular weight excluding hydrogens is 496 g/mol. The number of carbonyl (C=O) groups is 1. The highest BCUT2D eigenvalue weighted by Gasteiger charge is 2.84. The van der Waals surface area contributed by atoms with E-state index in [0.717, 1.165) is 12.3 Å². The van der Waals surface area contributed by atoms with Gasteiger partial charge in [0.05, 0.1) is 19.8 Å². The Morgan fingerprint density at radius 3 is 2.11 bits per heavy atom. The minimum Gasteiger partial charge on any atom is -0.393 e. The molecule has 36 heavy (non-hydrogen) atoms. The van der Waals surface area contributed by atoms with Gasteiger partial charge in [-0.15, -0.1) is 0 Å². The molecule has 1 fully saturated rings. The van der Waals surface area contributed by atoms with Crippen molar-refractivity contribution in [1.29, 1.82) is 0 Å². The summed E-state index contributed by atoms with van der Waals surface area (Å²) in [6, 6.07) is 16.3. The van der Waals surface area contributed by atoms with E-state index in [1.165, 1.54) is 24.3 Å². The number of aromatic amines is 1. The van der Waals surface area contributed by atoms with E-state index < -0.39 is 59.0 Å². The number of ketones is 1. The van der Waals surface area contributed by atoms with Gasteiger partial charge >= 0.3 is 5.69 Å². The van der Waals surface area contributed by atoms with Crippen LogP contribution in [0, 0.1) is 0 Å². The van der Waals surface area contributed by atoms with Gasteiger partial charge in [-0.2, -0.15) is 0 Å². The Labute approximate surface area is 208 Å². The molecule has 0 spiro atoms. The van der Waals surface area contributed by atoms with Crippen LogP contribution in [0.2, 0.25) is 0 Å². The normalized spacial score (nSPS) is 27.1. The van der Waals surface area contributed by atoms with Gasteiger partial charge in [-0.25, -0.2) is 4.79 Å². The summed E-state index contributed by atoms with van der Waals surface area (Å²) in [6.45, 7) is -2.84. The average molecular weight is 519 g/mol. The average Bonchev–Trinajstić information content (AvgIpc) is 3.05. The van der Waals surface area contributed by atoms with Crippen molar-refractivity contribution in [2.45, 2.75) is 28.8 Å². The number of halogens is 1. The fraction of sp³-hybridized carbons (Fsp3) is 0.292. The minimum absolute atomic E-state index is 0.167. The summed E-state index contributed by atoms with van der Waals surface area (Å²) < 4.78 is 11.8. The summed E-state index contributed by atoms with van der Waals surface area (Å²) >= 11 is 6.70. The van der Waals surface area contributed by atoms with E-state index in [1.807, 2.05) is 4.98 Å². The van der Waals surface area contributed by atoms with Gasteiger partial charge in [0.25, 0.3) is 10.7 Å². The van der Waals surface area contributed by atoms with E-state index in [9.17, 15) is 34.8 Å². The summed E-state index contributed by atoms with van der Waals surface area (Å²) in [7, 11) is 0. The summed E-state index contributed by atoms with van der Waals surface area (Å²) in [5, 5.41) is 41.6. The molecule has 1 aromatic heterocycles. The van der Waals surface area contributed by atoms with Crippen LogP contribution >= 0.6 is 11.6 Å². The van der Waals surface area contributed by atoms with E-state index in [0.29, 0.717) is 10.1 Å². The van der Waals surface area contributed by atoms with Crippen LogP contribution in [-0.2, 0) is 21.3 Å². The monoisotopic (exact) mass is 518 g/mol.